The van der Waals surface area contributed by atoms with Crippen LogP contribution in [0, 0.1) is 12.8 Å². The van der Waals surface area contributed by atoms with Crippen LogP contribution in [0.15, 0.2) is 22.9 Å². The number of nitrogens with one attached hydrogen (secondary N) is 3. The van der Waals surface area contributed by atoms with Crippen LogP contribution in [0.25, 0.3) is 0 Å². The van der Waals surface area contributed by atoms with Crippen molar-refractivity contribution in [2.24, 2.45) is 5.92 Å². The van der Waals surface area contributed by atoms with E-state index >= 15 is 0 Å². The van der Waals surface area contributed by atoms with Gasteiger partial charge >= 0.3 is 0 Å². The highest BCUT2D eigenvalue weighted by Gasteiger charge is 2.23. The van der Waals surface area contributed by atoms with E-state index in [0.29, 0.717) is 23.7 Å². The molecular weight excluding hydrogens is 298 g/mol. The average Bonchev–Trinajstić information content (AvgIpc) is 3.09. The van der Waals surface area contributed by atoms with Crippen molar-refractivity contribution < 1.29 is 14.1 Å². The smallest absolute Gasteiger partial charge is 0.248 e. The van der Waals surface area contributed by atoms with E-state index < -0.39 is 6.04 Å². The molecule has 0 aliphatic heterocycles. The standard InChI is InChI=1S/C15H21N5O3/c1-9(2)6-12(15(22)18-13-4-5-16-19-13)17-14(21)8-11-7-10(3)23-20-11/h4-5,7,9,12H,6,8H2,1-3H3,(H,17,21)(H2,16,18,19,22). The van der Waals surface area contributed by atoms with Crippen LogP contribution in [0.4, 0.5) is 5.82 Å². The number of aryl methyl sites for hydroxylation is 1. The summed E-state index contributed by atoms with van der Waals surface area (Å²) < 4.78 is 4.93. The van der Waals surface area contributed by atoms with E-state index in [1.807, 2.05) is 13.8 Å². The maximum absolute atomic E-state index is 12.3. The van der Waals surface area contributed by atoms with Gasteiger partial charge in [-0.1, -0.05) is 19.0 Å². The zero-order valence-corrected chi connectivity index (χ0v) is 13.4. The van der Waals surface area contributed by atoms with Crippen molar-refractivity contribution in [3.8, 4) is 0 Å². The highest BCUT2D eigenvalue weighted by molar-refractivity contribution is 5.96. The van der Waals surface area contributed by atoms with Crippen molar-refractivity contribution in [1.29, 1.82) is 0 Å². The van der Waals surface area contributed by atoms with Crippen LogP contribution in [-0.2, 0) is 16.0 Å². The van der Waals surface area contributed by atoms with Gasteiger partial charge in [0.1, 0.15) is 17.6 Å². The number of carbonyl (C=O) groups is 2. The van der Waals surface area contributed by atoms with Gasteiger partial charge in [-0.3, -0.25) is 14.7 Å². The Labute approximate surface area is 134 Å². The fourth-order valence-corrected chi connectivity index (χ4v) is 2.16. The molecule has 2 aromatic rings. The van der Waals surface area contributed by atoms with Gasteiger partial charge in [0.05, 0.1) is 18.3 Å². The van der Waals surface area contributed by atoms with Gasteiger partial charge < -0.3 is 15.2 Å². The molecule has 0 aliphatic rings. The predicted octanol–water partition coefficient (Wildman–Crippen LogP) is 1.42. The summed E-state index contributed by atoms with van der Waals surface area (Å²) >= 11 is 0. The molecule has 0 saturated heterocycles. The summed E-state index contributed by atoms with van der Waals surface area (Å²) in [5.41, 5.74) is 0.539. The molecular formula is C15H21N5O3. The number of hydrogen-bond donors (Lipinski definition) is 3. The molecule has 3 N–H and O–H groups in total. The number of amides is 2. The van der Waals surface area contributed by atoms with Gasteiger partial charge in [0.15, 0.2) is 0 Å². The molecule has 2 heterocycles. The maximum Gasteiger partial charge on any atom is 0.248 e. The van der Waals surface area contributed by atoms with Crippen LogP contribution >= 0.6 is 0 Å². The molecule has 0 aliphatic carbocycles. The number of carbonyl (C=O) groups excluding carboxylic acids is 2. The van der Waals surface area contributed by atoms with Crippen LogP contribution in [0.1, 0.15) is 31.7 Å². The van der Waals surface area contributed by atoms with E-state index in [9.17, 15) is 9.59 Å². The number of aromatic amines is 1. The summed E-state index contributed by atoms with van der Waals surface area (Å²) in [7, 11) is 0. The molecule has 1 unspecified atom stereocenters. The zero-order valence-electron chi connectivity index (χ0n) is 13.4. The summed E-state index contributed by atoms with van der Waals surface area (Å²) in [5, 5.41) is 15.7. The van der Waals surface area contributed by atoms with E-state index in [4.69, 9.17) is 4.52 Å². The van der Waals surface area contributed by atoms with Gasteiger partial charge in [0.25, 0.3) is 0 Å². The van der Waals surface area contributed by atoms with Crippen LogP contribution in [0.5, 0.6) is 0 Å². The molecule has 124 valence electrons. The number of aromatic nitrogens is 3. The molecule has 23 heavy (non-hydrogen) atoms. The maximum atomic E-state index is 12.3. The average molecular weight is 319 g/mol. The summed E-state index contributed by atoms with van der Waals surface area (Å²) in [5.74, 6) is 0.826. The molecule has 8 heteroatoms. The van der Waals surface area contributed by atoms with Crippen molar-refractivity contribution in [3.05, 3.63) is 29.8 Å². The van der Waals surface area contributed by atoms with Gasteiger partial charge in [0.2, 0.25) is 11.8 Å². The number of nitrogens with zero attached hydrogens (tertiary/aromatic N) is 2. The minimum absolute atomic E-state index is 0.0727. The lowest BCUT2D eigenvalue weighted by atomic mass is 10.0. The highest BCUT2D eigenvalue weighted by atomic mass is 16.5. The van der Waals surface area contributed by atoms with Crippen molar-refractivity contribution >= 4 is 17.6 Å². The molecule has 2 amide bonds. The second-order valence-corrected chi connectivity index (χ2v) is 5.81. The Bertz CT molecular complexity index is 648. The van der Waals surface area contributed by atoms with E-state index in [1.165, 1.54) is 0 Å². The Morgan fingerprint density at radius 3 is 2.74 bits per heavy atom. The first-order valence-electron chi connectivity index (χ1n) is 7.46. The van der Waals surface area contributed by atoms with Crippen LogP contribution in [0.3, 0.4) is 0 Å². The topological polar surface area (TPSA) is 113 Å². The summed E-state index contributed by atoms with van der Waals surface area (Å²) in [6.45, 7) is 5.74. The molecule has 0 spiro atoms. The van der Waals surface area contributed by atoms with E-state index in [0.717, 1.165) is 0 Å². The van der Waals surface area contributed by atoms with E-state index in [2.05, 4.69) is 26.0 Å². The normalized spacial score (nSPS) is 12.2. The summed E-state index contributed by atoms with van der Waals surface area (Å²) in [6.07, 6.45) is 2.14. The first-order valence-corrected chi connectivity index (χ1v) is 7.46. The Hall–Kier alpha value is -2.64. The third-order valence-corrected chi connectivity index (χ3v) is 3.14. The van der Waals surface area contributed by atoms with Crippen molar-refractivity contribution in [2.45, 2.75) is 39.7 Å². The Morgan fingerprint density at radius 1 is 1.39 bits per heavy atom. The second kappa shape index (κ2) is 7.57. The number of hydrogen-bond acceptors (Lipinski definition) is 5. The number of H-pyrrole nitrogens is 1. The SMILES string of the molecule is Cc1cc(CC(=O)NC(CC(C)C)C(=O)Nc2ccn[nH]2)no1. The molecule has 8 nitrogen and oxygen atoms in total. The lowest BCUT2D eigenvalue weighted by molar-refractivity contribution is -0.126. The summed E-state index contributed by atoms with van der Waals surface area (Å²) in [4.78, 5) is 24.5. The predicted molar refractivity (Wildman–Crippen MR) is 83.5 cm³/mol. The van der Waals surface area contributed by atoms with E-state index in [1.54, 1.807) is 25.3 Å². The third-order valence-electron chi connectivity index (χ3n) is 3.14. The Balaban J connectivity index is 1.96. The lowest BCUT2D eigenvalue weighted by Crippen LogP contribution is -2.45. The molecule has 0 bridgehead atoms. The van der Waals surface area contributed by atoms with Gasteiger partial charge in [-0.2, -0.15) is 5.10 Å². The molecule has 0 saturated carbocycles. The quantitative estimate of drug-likeness (QED) is 0.714. The molecule has 2 rings (SSSR count). The first kappa shape index (κ1) is 16.7. The highest BCUT2D eigenvalue weighted by Crippen LogP contribution is 2.09. The molecule has 1 atom stereocenters. The van der Waals surface area contributed by atoms with Gasteiger partial charge in [0, 0.05) is 12.1 Å². The second-order valence-electron chi connectivity index (χ2n) is 5.81. The zero-order chi connectivity index (χ0) is 16.8. The van der Waals surface area contributed by atoms with Crippen LogP contribution in [-0.4, -0.2) is 33.2 Å². The largest absolute Gasteiger partial charge is 0.361 e. The molecule has 2 aromatic heterocycles. The summed E-state index contributed by atoms with van der Waals surface area (Å²) in [6, 6.07) is 2.71. The van der Waals surface area contributed by atoms with Crippen LogP contribution < -0.4 is 10.6 Å². The molecule has 0 fully saturated rings. The monoisotopic (exact) mass is 319 g/mol. The third kappa shape index (κ3) is 5.24. The minimum Gasteiger partial charge on any atom is -0.361 e. The minimum atomic E-state index is -0.626. The van der Waals surface area contributed by atoms with Crippen molar-refractivity contribution in [2.75, 3.05) is 5.32 Å². The lowest BCUT2D eigenvalue weighted by Gasteiger charge is -2.19. The van der Waals surface area contributed by atoms with Crippen molar-refractivity contribution in [3.63, 3.8) is 0 Å². The fourth-order valence-electron chi connectivity index (χ4n) is 2.16. The Kier molecular flexibility index (Phi) is 5.51. The molecule has 0 radical (unpaired) electrons. The van der Waals surface area contributed by atoms with Gasteiger partial charge in [-0.25, -0.2) is 0 Å². The molecule has 0 aromatic carbocycles. The van der Waals surface area contributed by atoms with Crippen molar-refractivity contribution in [1.82, 2.24) is 20.7 Å². The van der Waals surface area contributed by atoms with Gasteiger partial charge in [-0.05, 0) is 19.3 Å². The van der Waals surface area contributed by atoms with Gasteiger partial charge in [-0.15, -0.1) is 0 Å². The Morgan fingerprint density at radius 2 is 2.17 bits per heavy atom. The number of anilines is 1. The van der Waals surface area contributed by atoms with E-state index in [-0.39, 0.29) is 24.2 Å². The first-order chi connectivity index (χ1) is 10.9. The fraction of sp³-hybridized carbons (Fsp3) is 0.467. The number of rotatable bonds is 7. The van der Waals surface area contributed by atoms with Crippen LogP contribution in [0.2, 0.25) is 0 Å².